The zero-order valence-electron chi connectivity index (χ0n) is 17.6. The van der Waals surface area contributed by atoms with Crippen LogP contribution in [0.4, 0.5) is 13.2 Å². The van der Waals surface area contributed by atoms with Crippen LogP contribution in [-0.2, 0) is 27.0 Å². The summed E-state index contributed by atoms with van der Waals surface area (Å²) in [7, 11) is 0. The van der Waals surface area contributed by atoms with E-state index >= 15 is 0 Å². The number of hydrogen-bond donors (Lipinski definition) is 1. The highest BCUT2D eigenvalue weighted by Gasteiger charge is 2.78. The molecular formula is C25H17ClF3NO4. The Hall–Kier alpha value is -3.23. The third-order valence-electron chi connectivity index (χ3n) is 6.62. The number of hydrogen-bond acceptors (Lipinski definition) is 5. The molecule has 5 nitrogen and oxygen atoms in total. The van der Waals surface area contributed by atoms with E-state index in [1.807, 2.05) is 0 Å². The van der Waals surface area contributed by atoms with Gasteiger partial charge in [0.2, 0.25) is 5.60 Å². The lowest BCUT2D eigenvalue weighted by molar-refractivity contribution is -0.153. The van der Waals surface area contributed by atoms with Crippen LogP contribution in [-0.4, -0.2) is 21.7 Å². The van der Waals surface area contributed by atoms with Crippen molar-refractivity contribution in [2.24, 2.45) is 5.92 Å². The number of ether oxygens (including phenoxy) is 1. The van der Waals surface area contributed by atoms with E-state index in [1.165, 1.54) is 19.2 Å². The van der Waals surface area contributed by atoms with Gasteiger partial charge in [0.15, 0.2) is 11.4 Å². The van der Waals surface area contributed by atoms with E-state index in [-0.39, 0.29) is 22.0 Å². The molecule has 5 rings (SSSR count). The highest BCUT2D eigenvalue weighted by Crippen LogP contribution is 2.66. The zero-order valence-corrected chi connectivity index (χ0v) is 18.4. The van der Waals surface area contributed by atoms with E-state index in [0.717, 1.165) is 24.3 Å². The predicted molar refractivity (Wildman–Crippen MR) is 115 cm³/mol. The Morgan fingerprint density at radius 2 is 1.76 bits per heavy atom. The number of carbonyl (C=O) groups is 2. The van der Waals surface area contributed by atoms with Crippen LogP contribution in [0.15, 0.2) is 66.9 Å². The summed E-state index contributed by atoms with van der Waals surface area (Å²) < 4.78 is 46.1. The Balaban J connectivity index is 1.84. The molecule has 1 N–H and O–H groups in total. The van der Waals surface area contributed by atoms with Crippen molar-refractivity contribution in [1.82, 2.24) is 4.98 Å². The molecule has 0 unspecified atom stereocenters. The summed E-state index contributed by atoms with van der Waals surface area (Å²) in [6, 6.07) is 13.9. The number of rotatable bonds is 3. The Morgan fingerprint density at radius 3 is 2.35 bits per heavy atom. The topological polar surface area (TPSA) is 76.5 Å². The number of fused-ring (bicyclic) bond motifs is 3. The van der Waals surface area contributed by atoms with E-state index < -0.39 is 46.3 Å². The first-order valence-electron chi connectivity index (χ1n) is 10.4. The third-order valence-corrected chi connectivity index (χ3v) is 6.83. The molecule has 3 aromatic rings. The highest BCUT2D eigenvalue weighted by atomic mass is 35.5. The Labute approximate surface area is 197 Å². The van der Waals surface area contributed by atoms with Crippen molar-refractivity contribution in [3.8, 4) is 5.75 Å². The molecule has 9 heteroatoms. The van der Waals surface area contributed by atoms with Crippen LogP contribution in [0.5, 0.6) is 5.75 Å². The third kappa shape index (κ3) is 2.88. The summed E-state index contributed by atoms with van der Waals surface area (Å²) in [5.41, 5.74) is -4.83. The molecule has 0 saturated heterocycles. The van der Waals surface area contributed by atoms with Crippen molar-refractivity contribution in [2.75, 3.05) is 0 Å². The monoisotopic (exact) mass is 487 g/mol. The van der Waals surface area contributed by atoms with Crippen LogP contribution in [0, 0.1) is 5.92 Å². The highest BCUT2D eigenvalue weighted by molar-refractivity contribution is 6.30. The molecule has 1 aromatic heterocycles. The number of nitrogens with zero attached hydrogens (tertiary/aromatic N) is 1. The van der Waals surface area contributed by atoms with Gasteiger partial charge in [-0.2, -0.15) is 13.2 Å². The van der Waals surface area contributed by atoms with Gasteiger partial charge in [-0.15, -0.1) is 0 Å². The number of aromatic nitrogens is 1. The van der Waals surface area contributed by atoms with Crippen molar-refractivity contribution in [2.45, 2.75) is 30.2 Å². The average Bonchev–Trinajstić information content (AvgIpc) is 3.16. The zero-order chi connectivity index (χ0) is 24.5. The van der Waals surface area contributed by atoms with Gasteiger partial charge in [-0.25, -0.2) is 0 Å². The molecule has 34 heavy (non-hydrogen) atoms. The lowest BCUT2D eigenvalue weighted by Crippen LogP contribution is -2.51. The largest absolute Gasteiger partial charge is 0.476 e. The standard InChI is InChI=1S/C25H17ClF3NO4/c1-13(31)19-20(14-5-3-2-4-6-14)24(15-7-9-16(10-8-15)25(27,28)29)23(33,22(19)32)21-18(34-24)11-17(26)12-30-21/h2-12,19-20,33H,1H3/t19-,20-,23+,24+/m1/s1. The predicted octanol–water partition coefficient (Wildman–Crippen LogP) is 4.80. The second kappa shape index (κ2) is 7.38. The summed E-state index contributed by atoms with van der Waals surface area (Å²) in [4.78, 5) is 30.7. The number of Topliss-reactive ketones (excluding diaryl/α,β-unsaturated/α-hetero) is 2. The van der Waals surface area contributed by atoms with E-state index in [0.29, 0.717) is 5.56 Å². The molecule has 1 fully saturated rings. The molecular weight excluding hydrogens is 471 g/mol. The number of pyridine rings is 1. The first kappa shape index (κ1) is 22.6. The van der Waals surface area contributed by atoms with Crippen molar-refractivity contribution >= 4 is 23.2 Å². The van der Waals surface area contributed by atoms with Gasteiger partial charge >= 0.3 is 6.18 Å². The smallest absolute Gasteiger partial charge is 0.416 e. The lowest BCUT2D eigenvalue weighted by Gasteiger charge is -2.39. The Kier molecular flexibility index (Phi) is 4.90. The number of carbonyl (C=O) groups excluding carboxylic acids is 2. The summed E-state index contributed by atoms with van der Waals surface area (Å²) in [6.07, 6.45) is -3.36. The minimum Gasteiger partial charge on any atom is -0.476 e. The minimum absolute atomic E-state index is 0.0196. The number of alkyl halides is 3. The molecule has 0 radical (unpaired) electrons. The van der Waals surface area contributed by atoms with Crippen molar-refractivity contribution in [3.63, 3.8) is 0 Å². The van der Waals surface area contributed by atoms with E-state index in [2.05, 4.69) is 4.98 Å². The summed E-state index contributed by atoms with van der Waals surface area (Å²) in [6.45, 7) is 1.24. The maximum Gasteiger partial charge on any atom is 0.416 e. The lowest BCUT2D eigenvalue weighted by atomic mass is 9.71. The van der Waals surface area contributed by atoms with E-state index in [1.54, 1.807) is 30.3 Å². The Bertz CT molecular complexity index is 1310. The SMILES string of the molecule is CC(=O)[C@H]1C(=O)[C@@]2(O)c3ncc(Cl)cc3O[C@@]2(c2ccc(C(F)(F)F)cc2)[C@@H]1c1ccccc1. The summed E-state index contributed by atoms with van der Waals surface area (Å²) >= 11 is 6.07. The molecule has 4 atom stereocenters. The van der Waals surface area contributed by atoms with Crippen LogP contribution in [0.3, 0.4) is 0 Å². The van der Waals surface area contributed by atoms with Crippen molar-refractivity contribution in [3.05, 3.63) is 94.3 Å². The molecule has 174 valence electrons. The van der Waals surface area contributed by atoms with Gasteiger partial charge in [-0.1, -0.05) is 54.1 Å². The molecule has 1 aliphatic carbocycles. The van der Waals surface area contributed by atoms with E-state index in [4.69, 9.17) is 16.3 Å². The molecule has 2 heterocycles. The molecule has 1 saturated carbocycles. The fourth-order valence-electron chi connectivity index (χ4n) is 5.25. The molecule has 0 spiro atoms. The molecule has 0 bridgehead atoms. The maximum absolute atomic E-state index is 13.8. The van der Waals surface area contributed by atoms with Gasteiger partial charge in [0.1, 0.15) is 17.2 Å². The van der Waals surface area contributed by atoms with E-state index in [9.17, 15) is 27.9 Å². The van der Waals surface area contributed by atoms with Crippen LogP contribution < -0.4 is 4.74 Å². The minimum atomic E-state index is -4.59. The Morgan fingerprint density at radius 1 is 1.12 bits per heavy atom. The van der Waals surface area contributed by atoms with Crippen LogP contribution >= 0.6 is 11.6 Å². The number of ketones is 2. The fourth-order valence-corrected chi connectivity index (χ4v) is 5.40. The molecule has 1 aliphatic heterocycles. The van der Waals surface area contributed by atoms with Gasteiger partial charge in [0, 0.05) is 18.2 Å². The van der Waals surface area contributed by atoms with Gasteiger partial charge in [0.25, 0.3) is 0 Å². The van der Waals surface area contributed by atoms with Crippen molar-refractivity contribution in [1.29, 1.82) is 0 Å². The summed E-state index contributed by atoms with van der Waals surface area (Å²) in [5, 5.41) is 12.2. The summed E-state index contributed by atoms with van der Waals surface area (Å²) in [5.74, 6) is -3.69. The van der Waals surface area contributed by atoms with Crippen LogP contribution in [0.2, 0.25) is 5.02 Å². The first-order chi connectivity index (χ1) is 16.0. The van der Waals surface area contributed by atoms with Gasteiger partial charge in [0.05, 0.1) is 16.5 Å². The van der Waals surface area contributed by atoms with Gasteiger partial charge in [-0.3, -0.25) is 14.6 Å². The maximum atomic E-state index is 13.8. The quantitative estimate of drug-likeness (QED) is 0.537. The molecule has 2 aromatic carbocycles. The van der Waals surface area contributed by atoms with Crippen LogP contribution in [0.1, 0.15) is 35.2 Å². The number of benzene rings is 2. The molecule has 2 aliphatic rings. The normalized spacial score (nSPS) is 27.8. The first-order valence-corrected chi connectivity index (χ1v) is 10.7. The second-order valence-electron chi connectivity index (χ2n) is 8.46. The fraction of sp³-hybridized carbons (Fsp3) is 0.240. The van der Waals surface area contributed by atoms with Crippen molar-refractivity contribution < 1.29 is 32.6 Å². The molecule has 0 amide bonds. The number of halogens is 4. The van der Waals surface area contributed by atoms with Gasteiger partial charge < -0.3 is 9.84 Å². The van der Waals surface area contributed by atoms with Crippen LogP contribution in [0.25, 0.3) is 0 Å². The average molecular weight is 488 g/mol. The van der Waals surface area contributed by atoms with Gasteiger partial charge in [-0.05, 0) is 30.2 Å². The number of aliphatic hydroxyl groups is 1. The second-order valence-corrected chi connectivity index (χ2v) is 8.90.